The maximum absolute atomic E-state index is 9.24. The van der Waals surface area contributed by atoms with Crippen LogP contribution in [0.2, 0.25) is 0 Å². The van der Waals surface area contributed by atoms with E-state index in [0.29, 0.717) is 0 Å². The van der Waals surface area contributed by atoms with Crippen molar-refractivity contribution < 1.29 is 0 Å². The van der Waals surface area contributed by atoms with Crippen LogP contribution in [0.25, 0.3) is 27.7 Å². The number of nitriles is 1. The van der Waals surface area contributed by atoms with E-state index >= 15 is 0 Å². The highest BCUT2D eigenvalue weighted by Gasteiger charge is 2.19. The van der Waals surface area contributed by atoms with Gasteiger partial charge >= 0.3 is 0 Å². The Hall–Kier alpha value is -3.04. The molecular weight excluding hydrogens is 306 g/mol. The summed E-state index contributed by atoms with van der Waals surface area (Å²) in [5.74, 6) is 0. The molecule has 0 radical (unpaired) electrons. The van der Waals surface area contributed by atoms with Crippen molar-refractivity contribution in [2.24, 2.45) is 0 Å². The van der Waals surface area contributed by atoms with Crippen LogP contribution in [0.4, 0.5) is 0 Å². The van der Waals surface area contributed by atoms with E-state index in [1.165, 1.54) is 11.3 Å². The maximum Gasteiger partial charge on any atom is 0.195 e. The maximum atomic E-state index is 9.24. The summed E-state index contributed by atoms with van der Waals surface area (Å²) < 4.78 is 2.01. The summed E-state index contributed by atoms with van der Waals surface area (Å²) in [7, 11) is 0. The molecule has 4 aromatic heterocycles. The molecule has 4 aromatic rings. The van der Waals surface area contributed by atoms with Crippen molar-refractivity contribution in [2.45, 2.75) is 6.42 Å². The predicted molar refractivity (Wildman–Crippen MR) is 88.8 cm³/mol. The van der Waals surface area contributed by atoms with E-state index in [0.717, 1.165) is 33.4 Å². The predicted octanol–water partition coefficient (Wildman–Crippen LogP) is 3.59. The molecule has 0 aliphatic carbocycles. The Labute approximate surface area is 136 Å². The highest BCUT2D eigenvalue weighted by Crippen LogP contribution is 2.31. The van der Waals surface area contributed by atoms with Gasteiger partial charge in [0.25, 0.3) is 0 Å². The molecule has 6 heteroatoms. The molecule has 110 valence electrons. The third-order valence-electron chi connectivity index (χ3n) is 3.54. The van der Waals surface area contributed by atoms with Crippen molar-refractivity contribution >= 4 is 16.3 Å². The minimum absolute atomic E-state index is 0.268. The number of thiazole rings is 1. The van der Waals surface area contributed by atoms with Crippen LogP contribution < -0.4 is 0 Å². The fourth-order valence-electron chi connectivity index (χ4n) is 2.56. The number of hydrogen-bond acceptors (Lipinski definition) is 5. The van der Waals surface area contributed by atoms with Crippen LogP contribution in [0.15, 0.2) is 54.2 Å². The molecule has 0 atom stereocenters. The average Bonchev–Trinajstić information content (AvgIpc) is 3.17. The molecule has 0 saturated carbocycles. The van der Waals surface area contributed by atoms with E-state index in [1.807, 2.05) is 46.2 Å². The number of pyridine rings is 2. The first-order valence-electron chi connectivity index (χ1n) is 7.07. The smallest absolute Gasteiger partial charge is 0.195 e. The molecule has 0 aromatic carbocycles. The Morgan fingerprint density at radius 2 is 1.78 bits per heavy atom. The van der Waals surface area contributed by atoms with E-state index in [4.69, 9.17) is 0 Å². The second kappa shape index (κ2) is 5.63. The highest BCUT2D eigenvalue weighted by atomic mass is 32.1. The van der Waals surface area contributed by atoms with Crippen LogP contribution >= 0.6 is 11.3 Å². The van der Waals surface area contributed by atoms with Crippen LogP contribution in [-0.2, 0) is 6.42 Å². The molecule has 0 fully saturated rings. The summed E-state index contributed by atoms with van der Waals surface area (Å²) >= 11 is 1.54. The summed E-state index contributed by atoms with van der Waals surface area (Å²) in [5, 5.41) is 11.3. The molecule has 0 unspecified atom stereocenters. The number of fused-ring (bicyclic) bond motifs is 1. The van der Waals surface area contributed by atoms with Gasteiger partial charge in [-0.05, 0) is 24.3 Å². The zero-order chi connectivity index (χ0) is 15.6. The van der Waals surface area contributed by atoms with Crippen LogP contribution in [0.3, 0.4) is 0 Å². The minimum Gasteiger partial charge on any atom is -0.284 e. The molecule has 23 heavy (non-hydrogen) atoms. The van der Waals surface area contributed by atoms with Gasteiger partial charge in [-0.1, -0.05) is 12.1 Å². The summed E-state index contributed by atoms with van der Waals surface area (Å²) in [6.45, 7) is 0. The van der Waals surface area contributed by atoms with Crippen LogP contribution in [-0.4, -0.2) is 19.4 Å². The van der Waals surface area contributed by atoms with Crippen molar-refractivity contribution in [1.82, 2.24) is 19.4 Å². The Morgan fingerprint density at radius 1 is 1.04 bits per heavy atom. The van der Waals surface area contributed by atoms with Gasteiger partial charge in [-0.15, -0.1) is 11.3 Å². The number of aromatic nitrogens is 4. The number of hydrogen-bond donors (Lipinski definition) is 0. The Kier molecular flexibility index (Phi) is 3.33. The Bertz CT molecular complexity index is 996. The van der Waals surface area contributed by atoms with Gasteiger partial charge in [0.1, 0.15) is 5.69 Å². The standard InChI is InChI=1S/C17H11N5S/c18-8-7-14-16(13-6-2-4-10-20-13)21-17-22(14)15(11-23-17)12-5-1-3-9-19-12/h1-6,9-11H,7H2. The van der Waals surface area contributed by atoms with Crippen molar-refractivity contribution in [2.75, 3.05) is 0 Å². The first-order chi connectivity index (χ1) is 11.4. The Morgan fingerprint density at radius 3 is 2.43 bits per heavy atom. The van der Waals surface area contributed by atoms with Crippen LogP contribution in [0, 0.1) is 11.3 Å². The largest absolute Gasteiger partial charge is 0.284 e. The first kappa shape index (κ1) is 13.6. The van der Waals surface area contributed by atoms with Gasteiger partial charge in [0, 0.05) is 17.8 Å². The van der Waals surface area contributed by atoms with Gasteiger partial charge in [0.05, 0.1) is 35.3 Å². The number of nitrogens with zero attached hydrogens (tertiary/aromatic N) is 5. The second-order valence-electron chi connectivity index (χ2n) is 4.91. The monoisotopic (exact) mass is 317 g/mol. The molecule has 0 bridgehead atoms. The normalized spacial score (nSPS) is 10.7. The zero-order valence-corrected chi connectivity index (χ0v) is 12.9. The molecule has 4 heterocycles. The summed E-state index contributed by atoms with van der Waals surface area (Å²) in [5.41, 5.74) is 4.20. The minimum atomic E-state index is 0.268. The topological polar surface area (TPSA) is 66.9 Å². The SMILES string of the molecule is N#CCc1c(-c2ccccn2)nc2scc(-c3ccccn3)n12. The van der Waals surface area contributed by atoms with Gasteiger partial charge in [-0.2, -0.15) is 5.26 Å². The number of imidazole rings is 1. The van der Waals surface area contributed by atoms with Gasteiger partial charge < -0.3 is 0 Å². The molecule has 0 N–H and O–H groups in total. The Balaban J connectivity index is 1.99. The van der Waals surface area contributed by atoms with Gasteiger partial charge in [0.2, 0.25) is 0 Å². The average molecular weight is 317 g/mol. The molecule has 0 spiro atoms. The van der Waals surface area contributed by atoms with E-state index in [9.17, 15) is 5.26 Å². The van der Waals surface area contributed by atoms with Crippen LogP contribution in [0.5, 0.6) is 0 Å². The van der Waals surface area contributed by atoms with Gasteiger partial charge in [-0.3, -0.25) is 14.4 Å². The van der Waals surface area contributed by atoms with Crippen molar-refractivity contribution in [1.29, 1.82) is 5.26 Å². The van der Waals surface area contributed by atoms with Gasteiger partial charge in [0.15, 0.2) is 4.96 Å². The molecular formula is C17H11N5S. The molecule has 0 aliphatic rings. The molecule has 4 rings (SSSR count). The number of rotatable bonds is 3. The zero-order valence-electron chi connectivity index (χ0n) is 12.0. The summed E-state index contributed by atoms with van der Waals surface area (Å²) in [4.78, 5) is 14.3. The lowest BCUT2D eigenvalue weighted by atomic mass is 10.2. The molecule has 5 nitrogen and oxygen atoms in total. The quantitative estimate of drug-likeness (QED) is 0.579. The highest BCUT2D eigenvalue weighted by molar-refractivity contribution is 7.15. The van der Waals surface area contributed by atoms with Crippen molar-refractivity contribution in [3.05, 3.63) is 59.9 Å². The van der Waals surface area contributed by atoms with Gasteiger partial charge in [-0.25, -0.2) is 4.98 Å². The first-order valence-corrected chi connectivity index (χ1v) is 7.95. The second-order valence-corrected chi connectivity index (χ2v) is 5.75. The lowest BCUT2D eigenvalue weighted by Crippen LogP contribution is -1.96. The van der Waals surface area contributed by atoms with E-state index < -0.39 is 0 Å². The van der Waals surface area contributed by atoms with E-state index in [-0.39, 0.29) is 6.42 Å². The molecule has 0 amide bonds. The van der Waals surface area contributed by atoms with Crippen molar-refractivity contribution in [3.8, 4) is 28.8 Å². The van der Waals surface area contributed by atoms with E-state index in [2.05, 4.69) is 21.0 Å². The third kappa shape index (κ3) is 2.28. The third-order valence-corrected chi connectivity index (χ3v) is 4.37. The lowest BCUT2D eigenvalue weighted by molar-refractivity contribution is 1.07. The molecule has 0 saturated heterocycles. The molecule has 0 aliphatic heterocycles. The summed E-state index contributed by atoms with van der Waals surface area (Å²) in [6.07, 6.45) is 3.77. The van der Waals surface area contributed by atoms with E-state index in [1.54, 1.807) is 12.4 Å². The van der Waals surface area contributed by atoms with Crippen LogP contribution in [0.1, 0.15) is 5.69 Å². The lowest BCUT2D eigenvalue weighted by Gasteiger charge is -2.03. The van der Waals surface area contributed by atoms with Crippen molar-refractivity contribution in [3.63, 3.8) is 0 Å². The fourth-order valence-corrected chi connectivity index (χ4v) is 3.46. The fraction of sp³-hybridized carbons (Fsp3) is 0.0588. The summed E-state index contributed by atoms with van der Waals surface area (Å²) in [6, 6.07) is 13.7.